The average molecular weight is 478 g/mol. The van der Waals surface area contributed by atoms with Crippen LogP contribution in [0.3, 0.4) is 0 Å². The molecule has 2 aromatic carbocycles. The molecule has 0 atom stereocenters. The largest absolute Gasteiger partial charge is 0.497 e. The molecular weight excluding hydrogens is 455 g/mol. The predicted molar refractivity (Wildman–Crippen MR) is 117 cm³/mol. The van der Waals surface area contributed by atoms with Gasteiger partial charge in [-0.05, 0) is 17.7 Å². The monoisotopic (exact) mass is 478 g/mol. The first kappa shape index (κ1) is 20.8. The Morgan fingerprint density at radius 3 is 2.56 bits per heavy atom. The quantitative estimate of drug-likeness (QED) is 0.320. The van der Waals surface area contributed by atoms with Crippen molar-refractivity contribution in [3.8, 4) is 17.1 Å². The molecule has 0 saturated heterocycles. The zero-order valence-corrected chi connectivity index (χ0v) is 17.6. The number of guanidine groups is 1. The van der Waals surface area contributed by atoms with E-state index in [4.69, 9.17) is 9.26 Å². The van der Waals surface area contributed by atoms with Crippen LogP contribution in [0.15, 0.2) is 70.2 Å². The summed E-state index contributed by atoms with van der Waals surface area (Å²) in [5, 5.41) is 10.6. The van der Waals surface area contributed by atoms with Crippen molar-refractivity contribution < 1.29 is 9.26 Å². The molecule has 2 N–H and O–H groups in total. The minimum atomic E-state index is 0. The van der Waals surface area contributed by atoms with Crippen LogP contribution < -0.4 is 15.4 Å². The van der Waals surface area contributed by atoms with Gasteiger partial charge in [-0.3, -0.25) is 4.99 Å². The summed E-state index contributed by atoms with van der Waals surface area (Å²) < 4.78 is 10.6. The zero-order chi connectivity index (χ0) is 18.2. The number of aromatic nitrogens is 1. The van der Waals surface area contributed by atoms with E-state index in [1.807, 2.05) is 60.7 Å². The number of hydrogen-bond acceptors (Lipinski definition) is 4. The van der Waals surface area contributed by atoms with Crippen LogP contribution in [-0.4, -0.2) is 25.3 Å². The standard InChI is InChI=1S/C20H22N4O2.HI/c1-21-20(22-13-15-7-6-10-18(11-15)25-2)23-14-17-12-19(26-24-17)16-8-4-3-5-9-16;/h3-12H,13-14H2,1-2H3,(H2,21,22,23);1H. The third-order valence-electron chi connectivity index (χ3n) is 3.87. The predicted octanol–water partition coefficient (Wildman–Crippen LogP) is 3.83. The number of hydrogen-bond donors (Lipinski definition) is 2. The van der Waals surface area contributed by atoms with Crippen molar-refractivity contribution in [2.75, 3.05) is 14.2 Å². The third-order valence-corrected chi connectivity index (χ3v) is 3.87. The van der Waals surface area contributed by atoms with Gasteiger partial charge < -0.3 is 19.9 Å². The Labute approximate surface area is 176 Å². The lowest BCUT2D eigenvalue weighted by molar-refractivity contribution is 0.414. The van der Waals surface area contributed by atoms with Gasteiger partial charge in [-0.25, -0.2) is 0 Å². The highest BCUT2D eigenvalue weighted by Gasteiger charge is 2.07. The van der Waals surface area contributed by atoms with E-state index >= 15 is 0 Å². The van der Waals surface area contributed by atoms with Crippen molar-refractivity contribution in [2.24, 2.45) is 4.99 Å². The van der Waals surface area contributed by atoms with Gasteiger partial charge in [-0.2, -0.15) is 0 Å². The molecule has 0 amide bonds. The molecule has 6 nitrogen and oxygen atoms in total. The van der Waals surface area contributed by atoms with E-state index in [1.54, 1.807) is 14.2 Å². The first-order valence-electron chi connectivity index (χ1n) is 8.37. The number of nitrogens with zero attached hydrogens (tertiary/aromatic N) is 2. The van der Waals surface area contributed by atoms with Gasteiger partial charge in [-0.1, -0.05) is 47.6 Å². The van der Waals surface area contributed by atoms with E-state index in [0.29, 0.717) is 19.0 Å². The van der Waals surface area contributed by atoms with Crippen molar-refractivity contribution in [3.05, 3.63) is 71.9 Å². The highest BCUT2D eigenvalue weighted by Crippen LogP contribution is 2.19. The fourth-order valence-electron chi connectivity index (χ4n) is 2.50. The van der Waals surface area contributed by atoms with E-state index in [-0.39, 0.29) is 24.0 Å². The summed E-state index contributed by atoms with van der Waals surface area (Å²) in [6.45, 7) is 1.17. The maximum atomic E-state index is 5.41. The second kappa shape index (κ2) is 10.6. The summed E-state index contributed by atoms with van der Waals surface area (Å²) in [5.41, 5.74) is 2.93. The molecule has 3 rings (SSSR count). The molecule has 1 heterocycles. The molecular formula is C20H23IN4O2. The molecule has 0 aliphatic heterocycles. The lowest BCUT2D eigenvalue weighted by Gasteiger charge is -2.11. The van der Waals surface area contributed by atoms with Crippen molar-refractivity contribution in [3.63, 3.8) is 0 Å². The van der Waals surface area contributed by atoms with Gasteiger partial charge in [0.05, 0.1) is 13.7 Å². The van der Waals surface area contributed by atoms with Crippen LogP contribution >= 0.6 is 24.0 Å². The maximum absolute atomic E-state index is 5.41. The molecule has 1 aromatic heterocycles. The summed E-state index contributed by atoms with van der Waals surface area (Å²) in [6, 6.07) is 19.7. The second-order valence-corrected chi connectivity index (χ2v) is 5.68. The Balaban J connectivity index is 0.00000261. The highest BCUT2D eigenvalue weighted by atomic mass is 127. The lowest BCUT2D eigenvalue weighted by Crippen LogP contribution is -2.36. The number of methoxy groups -OCH3 is 1. The third kappa shape index (κ3) is 5.99. The number of benzene rings is 2. The molecule has 0 radical (unpaired) electrons. The molecule has 7 heteroatoms. The van der Waals surface area contributed by atoms with Gasteiger partial charge in [0.1, 0.15) is 11.4 Å². The molecule has 0 aliphatic rings. The van der Waals surface area contributed by atoms with Gasteiger partial charge in [-0.15, -0.1) is 24.0 Å². The van der Waals surface area contributed by atoms with Crippen LogP contribution in [0.5, 0.6) is 5.75 Å². The Morgan fingerprint density at radius 2 is 1.81 bits per heavy atom. The number of halogens is 1. The molecule has 3 aromatic rings. The second-order valence-electron chi connectivity index (χ2n) is 5.68. The van der Waals surface area contributed by atoms with Crippen LogP contribution in [-0.2, 0) is 13.1 Å². The molecule has 27 heavy (non-hydrogen) atoms. The highest BCUT2D eigenvalue weighted by molar-refractivity contribution is 14.0. The number of ether oxygens (including phenoxy) is 1. The SMILES string of the molecule is CN=C(NCc1cccc(OC)c1)NCc1cc(-c2ccccc2)on1.I. The van der Waals surface area contributed by atoms with Crippen LogP contribution in [0.4, 0.5) is 0 Å². The number of rotatable bonds is 6. The molecule has 0 aliphatic carbocycles. The number of aliphatic imine (C=N–C) groups is 1. The molecule has 142 valence electrons. The normalized spacial score (nSPS) is 10.8. The molecule has 0 fully saturated rings. The smallest absolute Gasteiger partial charge is 0.191 e. The molecule has 0 unspecified atom stereocenters. The van der Waals surface area contributed by atoms with Crippen LogP contribution in [0.1, 0.15) is 11.3 Å². The van der Waals surface area contributed by atoms with Gasteiger partial charge in [0.25, 0.3) is 0 Å². The topological polar surface area (TPSA) is 71.7 Å². The van der Waals surface area contributed by atoms with E-state index in [1.165, 1.54) is 0 Å². The Kier molecular flexibility index (Phi) is 8.12. The minimum Gasteiger partial charge on any atom is -0.497 e. The summed E-state index contributed by atoms with van der Waals surface area (Å²) in [5.74, 6) is 2.28. The Hall–Kier alpha value is -2.55. The van der Waals surface area contributed by atoms with E-state index < -0.39 is 0 Å². The van der Waals surface area contributed by atoms with Crippen LogP contribution in [0.25, 0.3) is 11.3 Å². The molecule has 0 spiro atoms. The van der Waals surface area contributed by atoms with Crippen molar-refractivity contribution >= 4 is 29.9 Å². The van der Waals surface area contributed by atoms with Crippen LogP contribution in [0.2, 0.25) is 0 Å². The van der Waals surface area contributed by atoms with E-state index in [2.05, 4.69) is 20.8 Å². The first-order valence-corrected chi connectivity index (χ1v) is 8.37. The fraction of sp³-hybridized carbons (Fsp3) is 0.200. The van der Waals surface area contributed by atoms with Crippen molar-refractivity contribution in [2.45, 2.75) is 13.1 Å². The summed E-state index contributed by atoms with van der Waals surface area (Å²) >= 11 is 0. The van der Waals surface area contributed by atoms with Crippen molar-refractivity contribution in [1.29, 1.82) is 0 Å². The van der Waals surface area contributed by atoms with E-state index in [9.17, 15) is 0 Å². The Morgan fingerprint density at radius 1 is 1.04 bits per heavy atom. The zero-order valence-electron chi connectivity index (χ0n) is 15.3. The minimum absolute atomic E-state index is 0. The number of nitrogens with one attached hydrogen (secondary N) is 2. The van der Waals surface area contributed by atoms with Gasteiger partial charge >= 0.3 is 0 Å². The van der Waals surface area contributed by atoms with E-state index in [0.717, 1.165) is 28.3 Å². The Bertz CT molecular complexity index is 865. The van der Waals surface area contributed by atoms with Gasteiger partial charge in [0.2, 0.25) is 0 Å². The lowest BCUT2D eigenvalue weighted by atomic mass is 10.2. The van der Waals surface area contributed by atoms with Crippen molar-refractivity contribution in [1.82, 2.24) is 15.8 Å². The van der Waals surface area contributed by atoms with Crippen LogP contribution in [0, 0.1) is 0 Å². The maximum Gasteiger partial charge on any atom is 0.191 e. The summed E-state index contributed by atoms with van der Waals surface area (Å²) in [4.78, 5) is 4.23. The first-order chi connectivity index (χ1) is 12.8. The molecule has 0 saturated carbocycles. The summed E-state index contributed by atoms with van der Waals surface area (Å²) in [6.07, 6.45) is 0. The van der Waals surface area contributed by atoms with Gasteiger partial charge in [0.15, 0.2) is 11.7 Å². The summed E-state index contributed by atoms with van der Waals surface area (Å²) in [7, 11) is 3.40. The molecule has 0 bridgehead atoms. The van der Waals surface area contributed by atoms with Gasteiger partial charge in [0, 0.05) is 25.2 Å². The fourth-order valence-corrected chi connectivity index (χ4v) is 2.50. The average Bonchev–Trinajstić information content (AvgIpc) is 3.18.